The van der Waals surface area contributed by atoms with E-state index in [4.69, 9.17) is 14.6 Å². The molecule has 1 aromatic rings. The molecule has 112 valence electrons. The van der Waals surface area contributed by atoms with Crippen molar-refractivity contribution in [1.29, 1.82) is 0 Å². The molecule has 1 rings (SSSR count). The number of rotatable bonds is 10. The summed E-state index contributed by atoms with van der Waals surface area (Å²) in [6.07, 6.45) is 5.08. The van der Waals surface area contributed by atoms with Crippen LogP contribution in [0.4, 0.5) is 0 Å². The van der Waals surface area contributed by atoms with Crippen molar-refractivity contribution in [3.8, 4) is 11.5 Å². The van der Waals surface area contributed by atoms with Gasteiger partial charge in [0, 0.05) is 0 Å². The first kappa shape index (κ1) is 16.3. The molecule has 1 aromatic carbocycles. The Morgan fingerprint density at radius 3 is 2.85 bits per heavy atom. The summed E-state index contributed by atoms with van der Waals surface area (Å²) in [5, 5.41) is 12.6. The lowest BCUT2D eigenvalue weighted by atomic mass is 10.2. The van der Waals surface area contributed by atoms with Gasteiger partial charge in [0.05, 0.1) is 33.1 Å². The van der Waals surface area contributed by atoms with Crippen molar-refractivity contribution in [2.24, 2.45) is 5.10 Å². The Morgan fingerprint density at radius 1 is 1.30 bits per heavy atom. The zero-order valence-electron chi connectivity index (χ0n) is 12.3. The molecule has 5 nitrogen and oxygen atoms in total. The zero-order chi connectivity index (χ0) is 14.6. The average molecular weight is 280 g/mol. The highest BCUT2D eigenvalue weighted by Crippen LogP contribution is 2.27. The zero-order valence-corrected chi connectivity index (χ0v) is 12.3. The molecule has 0 unspecified atom stereocenters. The number of hydrogen-bond acceptors (Lipinski definition) is 5. The van der Waals surface area contributed by atoms with E-state index < -0.39 is 0 Å². The van der Waals surface area contributed by atoms with Crippen LogP contribution in [0.25, 0.3) is 0 Å². The maximum Gasteiger partial charge on any atom is 0.161 e. The van der Waals surface area contributed by atoms with Gasteiger partial charge in [-0.05, 0) is 30.2 Å². The van der Waals surface area contributed by atoms with E-state index in [0.29, 0.717) is 18.9 Å². The molecule has 0 saturated heterocycles. The summed E-state index contributed by atoms with van der Waals surface area (Å²) in [4.78, 5) is 0. The van der Waals surface area contributed by atoms with Gasteiger partial charge in [-0.1, -0.05) is 19.8 Å². The molecule has 0 aliphatic heterocycles. The van der Waals surface area contributed by atoms with Gasteiger partial charge in [0.1, 0.15) is 0 Å². The highest BCUT2D eigenvalue weighted by molar-refractivity contribution is 5.80. The first-order valence-electron chi connectivity index (χ1n) is 6.99. The van der Waals surface area contributed by atoms with E-state index >= 15 is 0 Å². The Morgan fingerprint density at radius 2 is 2.15 bits per heavy atom. The van der Waals surface area contributed by atoms with Crippen molar-refractivity contribution in [3.63, 3.8) is 0 Å². The molecule has 0 atom stereocenters. The van der Waals surface area contributed by atoms with Gasteiger partial charge < -0.3 is 20.0 Å². The van der Waals surface area contributed by atoms with Crippen molar-refractivity contribution in [1.82, 2.24) is 5.43 Å². The number of nitrogens with zero attached hydrogens (tertiary/aromatic N) is 1. The fraction of sp³-hybridized carbons (Fsp3) is 0.533. The Kier molecular flexibility index (Phi) is 8.22. The number of ether oxygens (including phenoxy) is 2. The molecule has 2 N–H and O–H groups in total. The summed E-state index contributed by atoms with van der Waals surface area (Å²) in [6.45, 7) is 3.37. The second-order valence-electron chi connectivity index (χ2n) is 4.36. The highest BCUT2D eigenvalue weighted by atomic mass is 16.5. The van der Waals surface area contributed by atoms with Crippen molar-refractivity contribution in [2.75, 3.05) is 26.9 Å². The highest BCUT2D eigenvalue weighted by Gasteiger charge is 2.04. The molecular weight excluding hydrogens is 256 g/mol. The van der Waals surface area contributed by atoms with E-state index in [1.54, 1.807) is 13.3 Å². The van der Waals surface area contributed by atoms with Gasteiger partial charge in [0.25, 0.3) is 0 Å². The van der Waals surface area contributed by atoms with Gasteiger partial charge in [0.15, 0.2) is 11.5 Å². The largest absolute Gasteiger partial charge is 0.493 e. The quantitative estimate of drug-likeness (QED) is 0.392. The molecule has 5 heteroatoms. The fourth-order valence-corrected chi connectivity index (χ4v) is 1.65. The lowest BCUT2D eigenvalue weighted by molar-refractivity contribution is 0.286. The Labute approximate surface area is 120 Å². The van der Waals surface area contributed by atoms with E-state index in [1.165, 1.54) is 12.8 Å². The van der Waals surface area contributed by atoms with Gasteiger partial charge in [-0.25, -0.2) is 0 Å². The first-order valence-corrected chi connectivity index (χ1v) is 6.99. The molecule has 0 aromatic heterocycles. The van der Waals surface area contributed by atoms with Crippen LogP contribution in [0.15, 0.2) is 23.3 Å². The number of hydrazone groups is 1. The third-order valence-electron chi connectivity index (χ3n) is 2.72. The smallest absolute Gasteiger partial charge is 0.161 e. The van der Waals surface area contributed by atoms with E-state index in [0.717, 1.165) is 17.7 Å². The number of aliphatic hydroxyl groups is 1. The number of hydrogen-bond donors (Lipinski definition) is 2. The Balaban J connectivity index is 2.58. The Hall–Kier alpha value is -1.75. The van der Waals surface area contributed by atoms with Crippen LogP contribution in [-0.2, 0) is 0 Å². The van der Waals surface area contributed by atoms with E-state index in [1.807, 2.05) is 18.2 Å². The maximum atomic E-state index is 8.63. The van der Waals surface area contributed by atoms with Crippen LogP contribution in [-0.4, -0.2) is 38.2 Å². The SMILES string of the molecule is CCCCCOc1ccc(C=NNCCO)cc1OC. The first-order chi connectivity index (χ1) is 9.81. The van der Waals surface area contributed by atoms with E-state index in [-0.39, 0.29) is 6.61 Å². The van der Waals surface area contributed by atoms with Crippen molar-refractivity contribution in [2.45, 2.75) is 26.2 Å². The molecule has 0 fully saturated rings. The van der Waals surface area contributed by atoms with Crippen molar-refractivity contribution < 1.29 is 14.6 Å². The lowest BCUT2D eigenvalue weighted by Gasteiger charge is -2.11. The summed E-state index contributed by atoms with van der Waals surface area (Å²) in [5.41, 5.74) is 3.64. The summed E-state index contributed by atoms with van der Waals surface area (Å²) in [6, 6.07) is 5.68. The summed E-state index contributed by atoms with van der Waals surface area (Å²) in [5.74, 6) is 1.46. The topological polar surface area (TPSA) is 63.1 Å². The second kappa shape index (κ2) is 10.1. The molecule has 0 radical (unpaired) electrons. The third-order valence-corrected chi connectivity index (χ3v) is 2.72. The number of nitrogens with one attached hydrogen (secondary N) is 1. The summed E-state index contributed by atoms with van der Waals surface area (Å²) in [7, 11) is 1.62. The van der Waals surface area contributed by atoms with Crippen LogP contribution in [0.1, 0.15) is 31.7 Å². The van der Waals surface area contributed by atoms with E-state index in [2.05, 4.69) is 17.5 Å². The standard InChI is InChI=1S/C15H24N2O3/c1-3-4-5-10-20-14-7-6-13(11-15(14)19-2)12-17-16-8-9-18/h6-7,11-12,16,18H,3-5,8-10H2,1-2H3. The molecule has 0 bridgehead atoms. The number of benzene rings is 1. The normalized spacial score (nSPS) is 10.8. The molecule has 20 heavy (non-hydrogen) atoms. The van der Waals surface area contributed by atoms with Crippen LogP contribution in [0, 0.1) is 0 Å². The van der Waals surface area contributed by atoms with E-state index in [9.17, 15) is 0 Å². The maximum absolute atomic E-state index is 8.63. The van der Waals surface area contributed by atoms with Crippen LogP contribution >= 0.6 is 0 Å². The monoisotopic (exact) mass is 280 g/mol. The van der Waals surface area contributed by atoms with Crippen molar-refractivity contribution in [3.05, 3.63) is 23.8 Å². The molecule has 0 heterocycles. The summed E-state index contributed by atoms with van der Waals surface area (Å²) < 4.78 is 11.0. The minimum Gasteiger partial charge on any atom is -0.493 e. The van der Waals surface area contributed by atoms with Gasteiger partial charge in [-0.3, -0.25) is 0 Å². The number of methoxy groups -OCH3 is 1. The molecular formula is C15H24N2O3. The third kappa shape index (κ3) is 5.93. The molecule has 0 amide bonds. The summed E-state index contributed by atoms with van der Waals surface area (Å²) >= 11 is 0. The predicted octanol–water partition coefficient (Wildman–Crippen LogP) is 2.18. The van der Waals surface area contributed by atoms with Crippen LogP contribution in [0.5, 0.6) is 11.5 Å². The molecule has 0 aliphatic carbocycles. The molecule has 0 aliphatic rings. The predicted molar refractivity (Wildman–Crippen MR) is 80.7 cm³/mol. The van der Waals surface area contributed by atoms with Gasteiger partial charge in [-0.15, -0.1) is 0 Å². The number of unbranched alkanes of at least 4 members (excludes halogenated alkanes) is 2. The van der Waals surface area contributed by atoms with Gasteiger partial charge in [-0.2, -0.15) is 5.10 Å². The van der Waals surface area contributed by atoms with Crippen LogP contribution < -0.4 is 14.9 Å². The Bertz CT molecular complexity index is 408. The van der Waals surface area contributed by atoms with Crippen molar-refractivity contribution >= 4 is 6.21 Å². The average Bonchev–Trinajstić information content (AvgIpc) is 2.49. The van der Waals surface area contributed by atoms with Crippen LogP contribution in [0.2, 0.25) is 0 Å². The van der Waals surface area contributed by atoms with Gasteiger partial charge in [0.2, 0.25) is 0 Å². The second-order valence-corrected chi connectivity index (χ2v) is 4.36. The lowest BCUT2D eigenvalue weighted by Crippen LogP contribution is -2.11. The fourth-order valence-electron chi connectivity index (χ4n) is 1.65. The molecule has 0 saturated carbocycles. The van der Waals surface area contributed by atoms with Gasteiger partial charge >= 0.3 is 0 Å². The van der Waals surface area contributed by atoms with Crippen LogP contribution in [0.3, 0.4) is 0 Å². The molecule has 0 spiro atoms. The minimum atomic E-state index is 0.0607. The minimum absolute atomic E-state index is 0.0607. The number of aliphatic hydroxyl groups excluding tert-OH is 1.